The van der Waals surface area contributed by atoms with E-state index in [2.05, 4.69) is 17.1 Å². The standard InChI is InChI=1S/C28H22FN3/c29-24-16-14-22(15-17-24)28-19-27(31-32(28)26-12-5-2-6-13-26)23-10-7-11-25(18-23)30-20-21-8-3-1-4-9-21/h1-18,20,28H,19H2. The predicted octanol–water partition coefficient (Wildman–Crippen LogP) is 6.93. The molecule has 0 spiro atoms. The number of hydrogen-bond donors (Lipinski definition) is 0. The van der Waals surface area contributed by atoms with E-state index < -0.39 is 0 Å². The van der Waals surface area contributed by atoms with Crippen molar-refractivity contribution in [1.29, 1.82) is 0 Å². The summed E-state index contributed by atoms with van der Waals surface area (Å²) in [6.45, 7) is 0. The Kier molecular flexibility index (Phi) is 5.58. The number of rotatable bonds is 5. The highest BCUT2D eigenvalue weighted by atomic mass is 19.1. The predicted molar refractivity (Wildman–Crippen MR) is 129 cm³/mol. The van der Waals surface area contributed by atoms with E-state index >= 15 is 0 Å². The van der Waals surface area contributed by atoms with Gasteiger partial charge < -0.3 is 0 Å². The zero-order valence-corrected chi connectivity index (χ0v) is 17.5. The zero-order chi connectivity index (χ0) is 21.8. The SMILES string of the molecule is Fc1ccc(C2CC(c3cccc(N=Cc4ccccc4)c3)=NN2c2ccccc2)cc1. The summed E-state index contributed by atoms with van der Waals surface area (Å²) in [5, 5.41) is 7.00. The molecule has 0 amide bonds. The van der Waals surface area contributed by atoms with Crippen molar-refractivity contribution in [2.75, 3.05) is 5.01 Å². The first kappa shape index (κ1) is 19.9. The van der Waals surface area contributed by atoms with Crippen LogP contribution in [0.5, 0.6) is 0 Å². The number of aliphatic imine (C=N–C) groups is 1. The molecule has 4 aromatic carbocycles. The van der Waals surface area contributed by atoms with E-state index in [1.54, 1.807) is 0 Å². The van der Waals surface area contributed by atoms with Crippen LogP contribution in [0.15, 0.2) is 119 Å². The smallest absolute Gasteiger partial charge is 0.123 e. The minimum absolute atomic E-state index is 0.00414. The van der Waals surface area contributed by atoms with E-state index in [0.717, 1.165) is 40.2 Å². The molecule has 3 nitrogen and oxygen atoms in total. The third-order valence-electron chi connectivity index (χ3n) is 5.53. The molecular formula is C28H22FN3. The Hall–Kier alpha value is -4.05. The average Bonchev–Trinajstić information content (AvgIpc) is 3.30. The lowest BCUT2D eigenvalue weighted by molar-refractivity contribution is 0.624. The molecule has 1 aliphatic heterocycles. The molecular weight excluding hydrogens is 397 g/mol. The maximum Gasteiger partial charge on any atom is 0.123 e. The summed E-state index contributed by atoms with van der Waals surface area (Å²) in [5.41, 5.74) is 6.01. The number of para-hydroxylation sites is 1. The van der Waals surface area contributed by atoms with Crippen molar-refractivity contribution < 1.29 is 4.39 Å². The van der Waals surface area contributed by atoms with Crippen LogP contribution in [0.3, 0.4) is 0 Å². The van der Waals surface area contributed by atoms with E-state index in [1.807, 2.05) is 96.2 Å². The number of nitrogens with zero attached hydrogens (tertiary/aromatic N) is 3. The third kappa shape index (κ3) is 4.35. The summed E-state index contributed by atoms with van der Waals surface area (Å²) in [4.78, 5) is 4.64. The van der Waals surface area contributed by atoms with Crippen LogP contribution in [0.1, 0.15) is 29.2 Å². The molecule has 0 saturated carbocycles. The molecule has 0 N–H and O–H groups in total. The van der Waals surface area contributed by atoms with Gasteiger partial charge in [0.2, 0.25) is 0 Å². The highest BCUT2D eigenvalue weighted by Gasteiger charge is 2.29. The fourth-order valence-corrected chi connectivity index (χ4v) is 3.90. The van der Waals surface area contributed by atoms with E-state index in [4.69, 9.17) is 5.10 Å². The molecule has 4 heteroatoms. The van der Waals surface area contributed by atoms with Crippen molar-refractivity contribution in [2.45, 2.75) is 12.5 Å². The van der Waals surface area contributed by atoms with Crippen LogP contribution >= 0.6 is 0 Å². The second-order valence-electron chi connectivity index (χ2n) is 7.72. The zero-order valence-electron chi connectivity index (χ0n) is 17.5. The number of anilines is 1. The molecule has 4 aromatic rings. The van der Waals surface area contributed by atoms with E-state index in [9.17, 15) is 4.39 Å². The molecule has 32 heavy (non-hydrogen) atoms. The number of halogens is 1. The molecule has 0 saturated heterocycles. The van der Waals surface area contributed by atoms with Gasteiger partial charge in [0.15, 0.2) is 0 Å². The summed E-state index contributed by atoms with van der Waals surface area (Å²) in [7, 11) is 0. The minimum atomic E-state index is -0.233. The molecule has 1 heterocycles. The van der Waals surface area contributed by atoms with Gasteiger partial charge in [-0.05, 0) is 53.1 Å². The van der Waals surface area contributed by atoms with Gasteiger partial charge in [0, 0.05) is 12.6 Å². The largest absolute Gasteiger partial charge is 0.257 e. The van der Waals surface area contributed by atoms with Gasteiger partial charge in [-0.15, -0.1) is 0 Å². The molecule has 156 valence electrons. The van der Waals surface area contributed by atoms with Gasteiger partial charge in [0.1, 0.15) is 5.82 Å². The van der Waals surface area contributed by atoms with Crippen LogP contribution in [0, 0.1) is 5.82 Å². The maximum absolute atomic E-state index is 13.5. The lowest BCUT2D eigenvalue weighted by Crippen LogP contribution is -2.18. The molecule has 0 aromatic heterocycles. The van der Waals surface area contributed by atoms with Gasteiger partial charge in [-0.2, -0.15) is 5.10 Å². The Bertz CT molecular complexity index is 1250. The van der Waals surface area contributed by atoms with Crippen LogP contribution in [0.2, 0.25) is 0 Å². The van der Waals surface area contributed by atoms with Gasteiger partial charge in [-0.25, -0.2) is 4.39 Å². The Morgan fingerprint density at radius 3 is 2.28 bits per heavy atom. The number of hydrogen-bond acceptors (Lipinski definition) is 3. The minimum Gasteiger partial charge on any atom is -0.257 e. The van der Waals surface area contributed by atoms with Gasteiger partial charge in [-0.1, -0.05) is 72.8 Å². The highest BCUT2D eigenvalue weighted by Crippen LogP contribution is 2.37. The monoisotopic (exact) mass is 419 g/mol. The van der Waals surface area contributed by atoms with E-state index in [1.165, 1.54) is 12.1 Å². The average molecular weight is 420 g/mol. The molecule has 5 rings (SSSR count). The fraction of sp³-hybridized carbons (Fsp3) is 0.0714. The summed E-state index contributed by atoms with van der Waals surface area (Å²) < 4.78 is 13.5. The fourth-order valence-electron chi connectivity index (χ4n) is 3.90. The van der Waals surface area contributed by atoms with Crippen molar-refractivity contribution in [3.63, 3.8) is 0 Å². The second-order valence-corrected chi connectivity index (χ2v) is 7.72. The Labute approximate surface area is 187 Å². The molecule has 0 aliphatic carbocycles. The van der Waals surface area contributed by atoms with Crippen LogP contribution in [-0.2, 0) is 0 Å². The summed E-state index contributed by atoms with van der Waals surface area (Å²) in [5.74, 6) is -0.233. The summed E-state index contributed by atoms with van der Waals surface area (Å²) >= 11 is 0. The lowest BCUT2D eigenvalue weighted by atomic mass is 9.98. The normalized spacial score (nSPS) is 15.8. The maximum atomic E-state index is 13.5. The van der Waals surface area contributed by atoms with Gasteiger partial charge in [0.05, 0.1) is 23.1 Å². The summed E-state index contributed by atoms with van der Waals surface area (Å²) in [6, 6.07) is 35.0. The number of benzene rings is 4. The van der Waals surface area contributed by atoms with E-state index in [-0.39, 0.29) is 11.9 Å². The molecule has 0 radical (unpaired) electrons. The van der Waals surface area contributed by atoms with Crippen molar-refractivity contribution >= 4 is 23.3 Å². The lowest BCUT2D eigenvalue weighted by Gasteiger charge is -2.23. The first-order valence-corrected chi connectivity index (χ1v) is 10.6. The van der Waals surface area contributed by atoms with Crippen LogP contribution in [0.4, 0.5) is 15.8 Å². The Balaban J connectivity index is 1.46. The Morgan fingerprint density at radius 2 is 1.53 bits per heavy atom. The van der Waals surface area contributed by atoms with Crippen LogP contribution < -0.4 is 5.01 Å². The first-order valence-electron chi connectivity index (χ1n) is 10.6. The van der Waals surface area contributed by atoms with Crippen molar-refractivity contribution in [1.82, 2.24) is 0 Å². The quantitative estimate of drug-likeness (QED) is 0.322. The molecule has 0 bridgehead atoms. The number of hydrazone groups is 1. The topological polar surface area (TPSA) is 28.0 Å². The van der Waals surface area contributed by atoms with Crippen molar-refractivity contribution in [3.05, 3.63) is 132 Å². The second kappa shape index (κ2) is 8.98. The van der Waals surface area contributed by atoms with Crippen molar-refractivity contribution in [3.8, 4) is 0 Å². The van der Waals surface area contributed by atoms with Gasteiger partial charge in [0.25, 0.3) is 0 Å². The first-order chi connectivity index (χ1) is 15.8. The van der Waals surface area contributed by atoms with E-state index in [0.29, 0.717) is 0 Å². The molecule has 1 aliphatic rings. The molecule has 1 unspecified atom stereocenters. The third-order valence-corrected chi connectivity index (χ3v) is 5.53. The highest BCUT2D eigenvalue weighted by molar-refractivity contribution is 6.04. The van der Waals surface area contributed by atoms with Crippen LogP contribution in [0.25, 0.3) is 0 Å². The summed E-state index contributed by atoms with van der Waals surface area (Å²) in [6.07, 6.45) is 2.60. The van der Waals surface area contributed by atoms with Gasteiger partial charge in [-0.3, -0.25) is 10.0 Å². The van der Waals surface area contributed by atoms with Crippen LogP contribution in [-0.4, -0.2) is 11.9 Å². The van der Waals surface area contributed by atoms with Gasteiger partial charge >= 0.3 is 0 Å². The molecule has 1 atom stereocenters. The van der Waals surface area contributed by atoms with Crippen molar-refractivity contribution in [2.24, 2.45) is 10.1 Å². The molecule has 0 fully saturated rings. The Morgan fingerprint density at radius 1 is 0.812 bits per heavy atom.